The monoisotopic (exact) mass is 257 g/mol. The zero-order chi connectivity index (χ0) is 14.0. The second kappa shape index (κ2) is 5.41. The minimum Gasteiger partial charge on any atom is -0.438 e. The average molecular weight is 257 g/mol. The fourth-order valence-electron chi connectivity index (χ4n) is 2.04. The molecule has 0 unspecified atom stereocenters. The normalized spacial score (nSPS) is 10.6. The van der Waals surface area contributed by atoms with Crippen LogP contribution in [0.4, 0.5) is 0 Å². The minimum atomic E-state index is -0.0701. The zero-order valence-corrected chi connectivity index (χ0v) is 11.8. The van der Waals surface area contributed by atoms with Gasteiger partial charge in [-0.3, -0.25) is 0 Å². The highest BCUT2D eigenvalue weighted by Crippen LogP contribution is 2.29. The Hall–Kier alpha value is -1.87. The Kier molecular flexibility index (Phi) is 3.86. The summed E-state index contributed by atoms with van der Waals surface area (Å²) in [6.07, 6.45) is 0. The van der Waals surface area contributed by atoms with Crippen LogP contribution in [0.25, 0.3) is 0 Å². The van der Waals surface area contributed by atoms with E-state index in [1.807, 2.05) is 52.0 Å². The van der Waals surface area contributed by atoms with Crippen LogP contribution in [-0.4, -0.2) is 10.1 Å². The van der Waals surface area contributed by atoms with E-state index in [0.717, 1.165) is 28.1 Å². The molecule has 3 heteroatoms. The minimum absolute atomic E-state index is 0.0701. The number of pyridine rings is 1. The van der Waals surface area contributed by atoms with Gasteiger partial charge in [0, 0.05) is 11.3 Å². The Labute approximate surface area is 113 Å². The highest BCUT2D eigenvalue weighted by Gasteiger charge is 2.12. The number of aliphatic hydroxyl groups is 1. The first kappa shape index (κ1) is 13.6. The van der Waals surface area contributed by atoms with Crippen molar-refractivity contribution < 1.29 is 9.84 Å². The van der Waals surface area contributed by atoms with Gasteiger partial charge in [0.15, 0.2) is 0 Å². The number of benzene rings is 1. The van der Waals surface area contributed by atoms with Gasteiger partial charge in [-0.1, -0.05) is 12.1 Å². The molecule has 1 heterocycles. The van der Waals surface area contributed by atoms with Gasteiger partial charge < -0.3 is 9.84 Å². The third kappa shape index (κ3) is 2.76. The van der Waals surface area contributed by atoms with Crippen LogP contribution in [-0.2, 0) is 6.61 Å². The summed E-state index contributed by atoms with van der Waals surface area (Å²) < 4.78 is 5.90. The Morgan fingerprint density at radius 1 is 1.11 bits per heavy atom. The maximum absolute atomic E-state index is 9.47. The van der Waals surface area contributed by atoms with E-state index in [9.17, 15) is 5.11 Å². The van der Waals surface area contributed by atoms with Gasteiger partial charge in [0.2, 0.25) is 5.88 Å². The first-order valence-corrected chi connectivity index (χ1v) is 6.35. The maximum Gasteiger partial charge on any atom is 0.225 e. The summed E-state index contributed by atoms with van der Waals surface area (Å²) in [5, 5.41) is 9.47. The number of rotatable bonds is 3. The number of aromatic nitrogens is 1. The van der Waals surface area contributed by atoms with Gasteiger partial charge in [-0.05, 0) is 56.5 Å². The summed E-state index contributed by atoms with van der Waals surface area (Å²) in [6.45, 7) is 7.87. The van der Waals surface area contributed by atoms with E-state index >= 15 is 0 Å². The first-order chi connectivity index (χ1) is 9.02. The number of hydrogen-bond acceptors (Lipinski definition) is 3. The van der Waals surface area contributed by atoms with E-state index in [1.165, 1.54) is 5.56 Å². The second-order valence-corrected chi connectivity index (χ2v) is 4.82. The van der Waals surface area contributed by atoms with Crippen LogP contribution in [0.15, 0.2) is 24.3 Å². The predicted octanol–water partition coefficient (Wildman–Crippen LogP) is 3.60. The molecule has 0 atom stereocenters. The van der Waals surface area contributed by atoms with Crippen molar-refractivity contribution in [2.24, 2.45) is 0 Å². The van der Waals surface area contributed by atoms with Crippen molar-refractivity contribution in [3.05, 3.63) is 52.2 Å². The SMILES string of the molecule is Cc1cc(C)c(CO)c(Oc2cccc(C)c2C)n1. The molecule has 0 bridgehead atoms. The van der Waals surface area contributed by atoms with Gasteiger partial charge in [-0.25, -0.2) is 4.98 Å². The maximum atomic E-state index is 9.47. The molecular weight excluding hydrogens is 238 g/mol. The summed E-state index contributed by atoms with van der Waals surface area (Å²) in [6, 6.07) is 7.87. The summed E-state index contributed by atoms with van der Waals surface area (Å²) in [7, 11) is 0. The Balaban J connectivity index is 2.46. The summed E-state index contributed by atoms with van der Waals surface area (Å²) in [5.74, 6) is 1.28. The Bertz CT molecular complexity index is 606. The smallest absolute Gasteiger partial charge is 0.225 e. The van der Waals surface area contributed by atoms with E-state index in [1.54, 1.807) is 0 Å². The molecule has 0 saturated carbocycles. The van der Waals surface area contributed by atoms with E-state index in [-0.39, 0.29) is 6.61 Å². The van der Waals surface area contributed by atoms with Crippen LogP contribution in [0.5, 0.6) is 11.6 Å². The molecule has 0 fully saturated rings. The Morgan fingerprint density at radius 3 is 2.53 bits per heavy atom. The molecule has 0 aliphatic heterocycles. The molecule has 1 aromatic heterocycles. The fraction of sp³-hybridized carbons (Fsp3) is 0.312. The molecule has 2 aromatic rings. The average Bonchev–Trinajstić information content (AvgIpc) is 2.34. The quantitative estimate of drug-likeness (QED) is 0.913. The molecule has 0 radical (unpaired) electrons. The molecular formula is C16H19NO2. The van der Waals surface area contributed by atoms with Gasteiger partial charge in [0.05, 0.1) is 6.61 Å². The number of nitrogens with zero attached hydrogens (tertiary/aromatic N) is 1. The third-order valence-corrected chi connectivity index (χ3v) is 3.36. The van der Waals surface area contributed by atoms with Crippen LogP contribution < -0.4 is 4.74 Å². The lowest BCUT2D eigenvalue weighted by Gasteiger charge is -2.14. The van der Waals surface area contributed by atoms with Gasteiger partial charge in [-0.2, -0.15) is 0 Å². The van der Waals surface area contributed by atoms with E-state index in [4.69, 9.17) is 4.74 Å². The van der Waals surface area contributed by atoms with Crippen molar-refractivity contribution in [1.29, 1.82) is 0 Å². The van der Waals surface area contributed by atoms with E-state index in [0.29, 0.717) is 5.88 Å². The van der Waals surface area contributed by atoms with Crippen LogP contribution in [0.2, 0.25) is 0 Å². The largest absolute Gasteiger partial charge is 0.438 e. The van der Waals surface area contributed by atoms with Crippen molar-refractivity contribution in [3.63, 3.8) is 0 Å². The third-order valence-electron chi connectivity index (χ3n) is 3.36. The van der Waals surface area contributed by atoms with Crippen LogP contribution in [0.3, 0.4) is 0 Å². The lowest BCUT2D eigenvalue weighted by molar-refractivity contribution is 0.274. The highest BCUT2D eigenvalue weighted by atomic mass is 16.5. The topological polar surface area (TPSA) is 42.4 Å². The summed E-state index contributed by atoms with van der Waals surface area (Å²) >= 11 is 0. The lowest BCUT2D eigenvalue weighted by Crippen LogP contribution is -2.01. The molecule has 0 aliphatic carbocycles. The standard InChI is InChI=1S/C16H19NO2/c1-10-6-5-7-15(13(10)4)19-16-14(9-18)11(2)8-12(3)17-16/h5-8,18H,9H2,1-4H3. The van der Waals surface area contributed by atoms with E-state index in [2.05, 4.69) is 4.98 Å². The number of aryl methyl sites for hydroxylation is 3. The van der Waals surface area contributed by atoms with Crippen molar-refractivity contribution in [2.45, 2.75) is 34.3 Å². The fourth-order valence-corrected chi connectivity index (χ4v) is 2.04. The molecule has 19 heavy (non-hydrogen) atoms. The molecule has 0 amide bonds. The van der Waals surface area contributed by atoms with Crippen molar-refractivity contribution in [1.82, 2.24) is 4.98 Å². The molecule has 0 saturated heterocycles. The van der Waals surface area contributed by atoms with E-state index < -0.39 is 0 Å². The summed E-state index contributed by atoms with van der Waals surface area (Å²) in [5.41, 5.74) is 4.89. The van der Waals surface area contributed by atoms with Crippen LogP contribution >= 0.6 is 0 Å². The van der Waals surface area contributed by atoms with Gasteiger partial charge in [-0.15, -0.1) is 0 Å². The molecule has 1 aromatic carbocycles. The predicted molar refractivity (Wildman–Crippen MR) is 75.6 cm³/mol. The molecule has 0 spiro atoms. The number of hydrogen-bond donors (Lipinski definition) is 1. The molecule has 2 rings (SSSR count). The number of aliphatic hydroxyl groups excluding tert-OH is 1. The Morgan fingerprint density at radius 2 is 1.84 bits per heavy atom. The molecule has 0 aliphatic rings. The lowest BCUT2D eigenvalue weighted by atomic mass is 10.1. The molecule has 100 valence electrons. The van der Waals surface area contributed by atoms with Crippen molar-refractivity contribution >= 4 is 0 Å². The second-order valence-electron chi connectivity index (χ2n) is 4.82. The van der Waals surface area contributed by atoms with Gasteiger partial charge in [0.1, 0.15) is 5.75 Å². The van der Waals surface area contributed by atoms with Gasteiger partial charge in [0.25, 0.3) is 0 Å². The van der Waals surface area contributed by atoms with Crippen molar-refractivity contribution in [3.8, 4) is 11.6 Å². The first-order valence-electron chi connectivity index (χ1n) is 6.35. The highest BCUT2D eigenvalue weighted by molar-refractivity contribution is 5.43. The zero-order valence-electron chi connectivity index (χ0n) is 11.8. The van der Waals surface area contributed by atoms with Crippen LogP contribution in [0.1, 0.15) is 27.9 Å². The summed E-state index contributed by atoms with van der Waals surface area (Å²) in [4.78, 5) is 4.39. The molecule has 3 nitrogen and oxygen atoms in total. The molecule has 1 N–H and O–H groups in total. The van der Waals surface area contributed by atoms with Gasteiger partial charge >= 0.3 is 0 Å². The van der Waals surface area contributed by atoms with Crippen molar-refractivity contribution in [2.75, 3.05) is 0 Å². The van der Waals surface area contributed by atoms with Crippen LogP contribution in [0, 0.1) is 27.7 Å². The number of ether oxygens (including phenoxy) is 1.